The zero-order valence-electron chi connectivity index (χ0n) is 6.66. The lowest BCUT2D eigenvalue weighted by atomic mass is 10.00. The summed E-state index contributed by atoms with van der Waals surface area (Å²) in [7, 11) is 0. The van der Waals surface area contributed by atoms with Crippen LogP contribution in [0.2, 0.25) is 0 Å². The van der Waals surface area contributed by atoms with Crippen LogP contribution in [-0.4, -0.2) is 17.4 Å². The van der Waals surface area contributed by atoms with Gasteiger partial charge in [-0.1, -0.05) is 0 Å². The van der Waals surface area contributed by atoms with E-state index in [0.29, 0.717) is 12.3 Å². The van der Waals surface area contributed by atoms with Crippen LogP contribution in [0.5, 0.6) is 0 Å². The number of pyridine rings is 1. The Kier molecular flexibility index (Phi) is 1.78. The van der Waals surface area contributed by atoms with E-state index < -0.39 is 0 Å². The SMILES string of the molecule is O=C1C[C@H](c2ccncc2)CN1. The van der Waals surface area contributed by atoms with E-state index in [4.69, 9.17) is 0 Å². The van der Waals surface area contributed by atoms with E-state index in [2.05, 4.69) is 10.3 Å². The quantitative estimate of drug-likeness (QED) is 0.660. The Morgan fingerprint density at radius 1 is 1.42 bits per heavy atom. The van der Waals surface area contributed by atoms with Gasteiger partial charge in [0.15, 0.2) is 0 Å². The summed E-state index contributed by atoms with van der Waals surface area (Å²) in [6, 6.07) is 3.93. The minimum absolute atomic E-state index is 0.150. The fourth-order valence-corrected chi connectivity index (χ4v) is 1.48. The van der Waals surface area contributed by atoms with E-state index in [1.54, 1.807) is 12.4 Å². The van der Waals surface area contributed by atoms with Crippen molar-refractivity contribution < 1.29 is 4.79 Å². The number of nitrogens with one attached hydrogen (secondary N) is 1. The fourth-order valence-electron chi connectivity index (χ4n) is 1.48. The Bertz CT molecular complexity index is 284. The Hall–Kier alpha value is -1.38. The van der Waals surface area contributed by atoms with Gasteiger partial charge in [0.1, 0.15) is 0 Å². The van der Waals surface area contributed by atoms with Crippen molar-refractivity contribution in [1.29, 1.82) is 0 Å². The monoisotopic (exact) mass is 162 g/mol. The van der Waals surface area contributed by atoms with Gasteiger partial charge in [0.2, 0.25) is 5.91 Å². The first kappa shape index (κ1) is 7.28. The minimum Gasteiger partial charge on any atom is -0.355 e. The molecule has 1 saturated heterocycles. The topological polar surface area (TPSA) is 42.0 Å². The van der Waals surface area contributed by atoms with Crippen LogP contribution in [-0.2, 0) is 4.79 Å². The highest BCUT2D eigenvalue weighted by Gasteiger charge is 2.22. The molecule has 1 aromatic rings. The standard InChI is InChI=1S/C9H10N2O/c12-9-5-8(6-11-9)7-1-3-10-4-2-7/h1-4,8H,5-6H2,(H,11,12)/t8-/m0/s1. The van der Waals surface area contributed by atoms with Crippen molar-refractivity contribution >= 4 is 5.91 Å². The van der Waals surface area contributed by atoms with Crippen molar-refractivity contribution in [2.45, 2.75) is 12.3 Å². The molecular weight excluding hydrogens is 152 g/mol. The molecule has 0 bridgehead atoms. The summed E-state index contributed by atoms with van der Waals surface area (Å²) < 4.78 is 0. The first-order valence-electron chi connectivity index (χ1n) is 4.03. The molecule has 1 aromatic heterocycles. The summed E-state index contributed by atoms with van der Waals surface area (Å²) in [6.07, 6.45) is 4.14. The van der Waals surface area contributed by atoms with Crippen LogP contribution in [0.4, 0.5) is 0 Å². The molecule has 1 amide bonds. The number of rotatable bonds is 1. The molecule has 62 valence electrons. The summed E-state index contributed by atoms with van der Waals surface area (Å²) in [5, 5.41) is 2.81. The molecule has 3 heteroatoms. The zero-order valence-corrected chi connectivity index (χ0v) is 6.66. The second-order valence-corrected chi connectivity index (χ2v) is 2.99. The molecule has 0 radical (unpaired) electrons. The van der Waals surface area contributed by atoms with Gasteiger partial charge in [-0.3, -0.25) is 9.78 Å². The molecule has 0 unspecified atom stereocenters. The van der Waals surface area contributed by atoms with Gasteiger partial charge in [-0.15, -0.1) is 0 Å². The first-order chi connectivity index (χ1) is 5.86. The van der Waals surface area contributed by atoms with E-state index >= 15 is 0 Å². The van der Waals surface area contributed by atoms with Crippen LogP contribution < -0.4 is 5.32 Å². The minimum atomic E-state index is 0.150. The lowest BCUT2D eigenvalue weighted by Crippen LogP contribution is -2.13. The molecule has 3 nitrogen and oxygen atoms in total. The van der Waals surface area contributed by atoms with Crippen LogP contribution in [0.3, 0.4) is 0 Å². The van der Waals surface area contributed by atoms with E-state index in [1.807, 2.05) is 12.1 Å². The Morgan fingerprint density at radius 2 is 2.17 bits per heavy atom. The molecule has 0 aromatic carbocycles. The average molecular weight is 162 g/mol. The largest absolute Gasteiger partial charge is 0.355 e. The molecule has 1 aliphatic heterocycles. The van der Waals surface area contributed by atoms with Crippen LogP contribution in [0.15, 0.2) is 24.5 Å². The van der Waals surface area contributed by atoms with Crippen molar-refractivity contribution in [3.8, 4) is 0 Å². The molecule has 2 heterocycles. The van der Waals surface area contributed by atoms with Gasteiger partial charge in [-0.2, -0.15) is 0 Å². The second kappa shape index (κ2) is 2.93. The van der Waals surface area contributed by atoms with Crippen molar-refractivity contribution in [3.05, 3.63) is 30.1 Å². The second-order valence-electron chi connectivity index (χ2n) is 2.99. The van der Waals surface area contributed by atoms with Gasteiger partial charge in [0, 0.05) is 31.3 Å². The van der Waals surface area contributed by atoms with E-state index in [9.17, 15) is 4.79 Å². The third-order valence-electron chi connectivity index (χ3n) is 2.15. The van der Waals surface area contributed by atoms with E-state index in [1.165, 1.54) is 5.56 Å². The summed E-state index contributed by atoms with van der Waals surface area (Å²) in [5.41, 5.74) is 1.20. The van der Waals surface area contributed by atoms with E-state index in [-0.39, 0.29) is 5.91 Å². The Morgan fingerprint density at radius 3 is 2.75 bits per heavy atom. The van der Waals surface area contributed by atoms with Gasteiger partial charge in [-0.05, 0) is 17.7 Å². The number of nitrogens with zero attached hydrogens (tertiary/aromatic N) is 1. The number of aromatic nitrogens is 1. The highest BCUT2D eigenvalue weighted by Crippen LogP contribution is 2.21. The highest BCUT2D eigenvalue weighted by molar-refractivity contribution is 5.79. The molecule has 1 N–H and O–H groups in total. The van der Waals surface area contributed by atoms with Crippen LogP contribution >= 0.6 is 0 Å². The smallest absolute Gasteiger partial charge is 0.220 e. The summed E-state index contributed by atoms with van der Waals surface area (Å²) in [4.78, 5) is 14.8. The molecule has 2 rings (SSSR count). The Labute approximate surface area is 70.8 Å². The maximum atomic E-state index is 10.9. The van der Waals surface area contributed by atoms with Gasteiger partial charge in [0.05, 0.1) is 0 Å². The van der Waals surface area contributed by atoms with Crippen molar-refractivity contribution in [2.24, 2.45) is 0 Å². The molecule has 1 atom stereocenters. The molecule has 12 heavy (non-hydrogen) atoms. The number of carbonyl (C=O) groups excluding carboxylic acids is 1. The predicted molar refractivity (Wildman–Crippen MR) is 44.6 cm³/mol. The number of hydrogen-bond donors (Lipinski definition) is 1. The fraction of sp³-hybridized carbons (Fsp3) is 0.333. The summed E-state index contributed by atoms with van der Waals surface area (Å²) in [5.74, 6) is 0.498. The molecular formula is C9H10N2O. The van der Waals surface area contributed by atoms with E-state index in [0.717, 1.165) is 6.54 Å². The maximum Gasteiger partial charge on any atom is 0.220 e. The predicted octanol–water partition coefficient (Wildman–Crippen LogP) is 0.685. The lowest BCUT2D eigenvalue weighted by Gasteiger charge is -2.05. The lowest BCUT2D eigenvalue weighted by molar-refractivity contribution is -0.119. The Balaban J connectivity index is 2.16. The third-order valence-corrected chi connectivity index (χ3v) is 2.15. The first-order valence-corrected chi connectivity index (χ1v) is 4.03. The normalized spacial score (nSPS) is 22.3. The summed E-state index contributed by atoms with van der Waals surface area (Å²) >= 11 is 0. The molecule has 0 aliphatic carbocycles. The van der Waals surface area contributed by atoms with Crippen molar-refractivity contribution in [3.63, 3.8) is 0 Å². The van der Waals surface area contributed by atoms with Gasteiger partial charge in [0.25, 0.3) is 0 Å². The number of hydrogen-bond acceptors (Lipinski definition) is 2. The van der Waals surface area contributed by atoms with Gasteiger partial charge in [-0.25, -0.2) is 0 Å². The molecule has 1 aliphatic rings. The molecule has 1 fully saturated rings. The number of amides is 1. The van der Waals surface area contributed by atoms with Gasteiger partial charge < -0.3 is 5.32 Å². The van der Waals surface area contributed by atoms with Crippen molar-refractivity contribution in [1.82, 2.24) is 10.3 Å². The summed E-state index contributed by atoms with van der Waals surface area (Å²) in [6.45, 7) is 0.767. The highest BCUT2D eigenvalue weighted by atomic mass is 16.1. The molecule has 0 spiro atoms. The van der Waals surface area contributed by atoms with Crippen molar-refractivity contribution in [2.75, 3.05) is 6.54 Å². The van der Waals surface area contributed by atoms with Gasteiger partial charge >= 0.3 is 0 Å². The zero-order chi connectivity index (χ0) is 8.39. The molecule has 0 saturated carbocycles. The van der Waals surface area contributed by atoms with Crippen LogP contribution in [0.1, 0.15) is 17.9 Å². The van der Waals surface area contributed by atoms with Crippen LogP contribution in [0.25, 0.3) is 0 Å². The number of carbonyl (C=O) groups is 1. The average Bonchev–Trinajstić information content (AvgIpc) is 2.54. The third kappa shape index (κ3) is 1.30. The maximum absolute atomic E-state index is 10.9. The van der Waals surface area contributed by atoms with Crippen LogP contribution in [0, 0.1) is 0 Å².